The first-order chi connectivity index (χ1) is 13.3. The zero-order valence-electron chi connectivity index (χ0n) is 14.9. The lowest BCUT2D eigenvalue weighted by Crippen LogP contribution is -2.32. The highest BCUT2D eigenvalue weighted by molar-refractivity contribution is 5.98. The van der Waals surface area contributed by atoms with Gasteiger partial charge in [-0.3, -0.25) is 9.78 Å². The van der Waals surface area contributed by atoms with Crippen LogP contribution in [0.3, 0.4) is 0 Å². The van der Waals surface area contributed by atoms with Gasteiger partial charge in [-0.1, -0.05) is 35.5 Å². The van der Waals surface area contributed by atoms with Crippen molar-refractivity contribution in [2.24, 2.45) is 0 Å². The normalized spacial score (nSPS) is 16.4. The van der Waals surface area contributed by atoms with Crippen LogP contribution in [0, 0.1) is 0 Å². The highest BCUT2D eigenvalue weighted by Gasteiger charge is 2.23. The van der Waals surface area contributed by atoms with Crippen molar-refractivity contribution in [3.8, 4) is 11.3 Å². The third-order valence-corrected chi connectivity index (χ3v) is 4.59. The first-order valence-electron chi connectivity index (χ1n) is 9.09. The smallest absolute Gasteiger partial charge is 0.274 e. The van der Waals surface area contributed by atoms with Crippen molar-refractivity contribution in [3.05, 3.63) is 66.1 Å². The van der Waals surface area contributed by atoms with Crippen molar-refractivity contribution in [2.75, 3.05) is 13.2 Å². The fourth-order valence-corrected chi connectivity index (χ4v) is 3.22. The molecule has 1 saturated heterocycles. The summed E-state index contributed by atoms with van der Waals surface area (Å²) in [6.45, 7) is 1.78. The lowest BCUT2D eigenvalue weighted by Gasteiger charge is -2.11. The first-order valence-corrected chi connectivity index (χ1v) is 9.09. The van der Waals surface area contributed by atoms with E-state index in [0.29, 0.717) is 24.5 Å². The summed E-state index contributed by atoms with van der Waals surface area (Å²) in [5, 5.41) is 11.3. The number of nitrogens with one attached hydrogen (secondary N) is 1. The summed E-state index contributed by atoms with van der Waals surface area (Å²) in [6, 6.07) is 13.7. The number of pyridine rings is 1. The molecule has 7 heteroatoms. The number of amides is 1. The molecule has 1 fully saturated rings. The Morgan fingerprint density at radius 2 is 2.00 bits per heavy atom. The fraction of sp³-hybridized carbons (Fsp3) is 0.300. The predicted molar refractivity (Wildman–Crippen MR) is 100 cm³/mol. The van der Waals surface area contributed by atoms with E-state index < -0.39 is 0 Å². The van der Waals surface area contributed by atoms with Crippen molar-refractivity contribution in [1.29, 1.82) is 0 Å². The molecule has 0 aliphatic carbocycles. The van der Waals surface area contributed by atoms with Crippen LogP contribution in [0.1, 0.15) is 28.9 Å². The van der Waals surface area contributed by atoms with Crippen LogP contribution in [0.2, 0.25) is 0 Å². The number of carbonyl (C=O) groups is 1. The summed E-state index contributed by atoms with van der Waals surface area (Å²) < 4.78 is 7.33. The van der Waals surface area contributed by atoms with Crippen molar-refractivity contribution in [1.82, 2.24) is 25.3 Å². The lowest BCUT2D eigenvalue weighted by molar-refractivity contribution is 0.0854. The average Bonchev–Trinajstić information content (AvgIpc) is 3.37. The molecule has 0 bridgehead atoms. The molecule has 4 rings (SSSR count). The van der Waals surface area contributed by atoms with Crippen molar-refractivity contribution in [3.63, 3.8) is 0 Å². The lowest BCUT2D eigenvalue weighted by atomic mass is 10.1. The predicted octanol–water partition coefficient (Wildman–Crippen LogP) is 2.30. The zero-order chi connectivity index (χ0) is 18.5. The van der Waals surface area contributed by atoms with Crippen LogP contribution in [0.25, 0.3) is 11.3 Å². The summed E-state index contributed by atoms with van der Waals surface area (Å²) in [5.41, 5.74) is 2.94. The molecule has 0 saturated carbocycles. The molecule has 2 aromatic heterocycles. The molecule has 0 unspecified atom stereocenters. The van der Waals surface area contributed by atoms with Crippen LogP contribution in [0.5, 0.6) is 0 Å². The van der Waals surface area contributed by atoms with E-state index in [4.69, 9.17) is 4.74 Å². The van der Waals surface area contributed by atoms with E-state index in [0.717, 1.165) is 30.6 Å². The molecule has 3 heterocycles. The Morgan fingerprint density at radius 3 is 2.74 bits per heavy atom. The van der Waals surface area contributed by atoms with Gasteiger partial charge in [-0.05, 0) is 30.5 Å². The number of hydrogen-bond acceptors (Lipinski definition) is 5. The summed E-state index contributed by atoms with van der Waals surface area (Å²) in [6.07, 6.45) is 5.48. The van der Waals surface area contributed by atoms with Gasteiger partial charge in [0.1, 0.15) is 5.69 Å². The van der Waals surface area contributed by atoms with E-state index in [-0.39, 0.29) is 12.0 Å². The highest BCUT2D eigenvalue weighted by atomic mass is 16.5. The molecule has 1 amide bonds. The second kappa shape index (κ2) is 8.09. The minimum Gasteiger partial charge on any atom is -0.376 e. The standard InChI is InChI=1S/C20H21N5O2/c26-20(22-13-17-7-4-12-27-17)18-19(16-8-10-21-11-9-16)25(24-23-18)14-15-5-2-1-3-6-15/h1-3,5-6,8-11,17H,4,7,12-14H2,(H,22,26)/t17-/m1/s1. The Labute approximate surface area is 157 Å². The maximum Gasteiger partial charge on any atom is 0.274 e. The van der Waals surface area contributed by atoms with E-state index in [1.54, 1.807) is 17.1 Å². The van der Waals surface area contributed by atoms with Gasteiger partial charge >= 0.3 is 0 Å². The summed E-state index contributed by atoms with van der Waals surface area (Å²) in [4.78, 5) is 16.8. The van der Waals surface area contributed by atoms with Crippen molar-refractivity contribution >= 4 is 5.91 Å². The number of benzene rings is 1. The third-order valence-electron chi connectivity index (χ3n) is 4.59. The van der Waals surface area contributed by atoms with Gasteiger partial charge in [0.2, 0.25) is 0 Å². The molecule has 0 radical (unpaired) electrons. The minimum absolute atomic E-state index is 0.0812. The van der Waals surface area contributed by atoms with Gasteiger partial charge < -0.3 is 10.1 Å². The molecule has 0 spiro atoms. The van der Waals surface area contributed by atoms with E-state index in [2.05, 4.69) is 20.6 Å². The Kier molecular flexibility index (Phi) is 5.20. The highest BCUT2D eigenvalue weighted by Crippen LogP contribution is 2.23. The minimum atomic E-state index is -0.239. The molecule has 3 aromatic rings. The van der Waals surface area contributed by atoms with Gasteiger partial charge in [-0.15, -0.1) is 5.10 Å². The second-order valence-electron chi connectivity index (χ2n) is 6.51. The van der Waals surface area contributed by atoms with Crippen molar-refractivity contribution < 1.29 is 9.53 Å². The van der Waals surface area contributed by atoms with Crippen LogP contribution in [-0.2, 0) is 11.3 Å². The summed E-state index contributed by atoms with van der Waals surface area (Å²) >= 11 is 0. The van der Waals surface area contributed by atoms with Crippen molar-refractivity contribution in [2.45, 2.75) is 25.5 Å². The fourth-order valence-electron chi connectivity index (χ4n) is 3.22. The number of aromatic nitrogens is 4. The van der Waals surface area contributed by atoms with Gasteiger partial charge in [0.15, 0.2) is 5.69 Å². The summed E-state index contributed by atoms with van der Waals surface area (Å²) in [7, 11) is 0. The molecule has 1 atom stereocenters. The molecule has 1 aliphatic rings. The molecule has 1 aromatic carbocycles. The van der Waals surface area contributed by atoms with Crippen LogP contribution < -0.4 is 5.32 Å². The van der Waals surface area contributed by atoms with E-state index in [1.807, 2.05) is 42.5 Å². The average molecular weight is 363 g/mol. The van der Waals surface area contributed by atoms with E-state index >= 15 is 0 Å². The van der Waals surface area contributed by atoms with Crippen LogP contribution in [0.4, 0.5) is 0 Å². The Bertz CT molecular complexity index is 889. The molecule has 138 valence electrons. The van der Waals surface area contributed by atoms with Gasteiger partial charge in [-0.2, -0.15) is 0 Å². The van der Waals surface area contributed by atoms with Gasteiger partial charge in [0.05, 0.1) is 12.6 Å². The topological polar surface area (TPSA) is 81.9 Å². The first kappa shape index (κ1) is 17.4. The summed E-state index contributed by atoms with van der Waals surface area (Å²) in [5.74, 6) is -0.239. The molecule has 7 nitrogen and oxygen atoms in total. The maximum atomic E-state index is 12.8. The zero-order valence-corrected chi connectivity index (χ0v) is 14.9. The number of rotatable bonds is 6. The Hall–Kier alpha value is -3.06. The van der Waals surface area contributed by atoms with Crippen LogP contribution in [0.15, 0.2) is 54.9 Å². The van der Waals surface area contributed by atoms with Gasteiger partial charge in [0, 0.05) is 31.1 Å². The van der Waals surface area contributed by atoms with Crippen LogP contribution in [-0.4, -0.2) is 45.1 Å². The van der Waals surface area contributed by atoms with Gasteiger partial charge in [-0.25, -0.2) is 4.68 Å². The monoisotopic (exact) mass is 363 g/mol. The van der Waals surface area contributed by atoms with Gasteiger partial charge in [0.25, 0.3) is 5.91 Å². The molecule has 1 aliphatic heterocycles. The van der Waals surface area contributed by atoms with E-state index in [1.165, 1.54) is 0 Å². The Morgan fingerprint density at radius 1 is 1.19 bits per heavy atom. The van der Waals surface area contributed by atoms with Crippen LogP contribution >= 0.6 is 0 Å². The number of ether oxygens (including phenoxy) is 1. The van der Waals surface area contributed by atoms with E-state index in [9.17, 15) is 4.79 Å². The number of hydrogen-bond donors (Lipinski definition) is 1. The molecule has 1 N–H and O–H groups in total. The third kappa shape index (κ3) is 4.03. The maximum absolute atomic E-state index is 12.8. The second-order valence-corrected chi connectivity index (χ2v) is 6.51. The SMILES string of the molecule is O=C(NC[C@H]1CCCO1)c1nnn(Cc2ccccc2)c1-c1ccncc1. The number of nitrogens with zero attached hydrogens (tertiary/aromatic N) is 4. The largest absolute Gasteiger partial charge is 0.376 e. The Balaban J connectivity index is 1.61. The molecular formula is C20H21N5O2. The quantitative estimate of drug-likeness (QED) is 0.727. The molecule has 27 heavy (non-hydrogen) atoms. The molecular weight excluding hydrogens is 342 g/mol. The number of carbonyl (C=O) groups excluding carboxylic acids is 1.